The van der Waals surface area contributed by atoms with Gasteiger partial charge in [0.05, 0.1) is 6.54 Å². The van der Waals surface area contributed by atoms with E-state index in [1.807, 2.05) is 6.07 Å². The predicted molar refractivity (Wildman–Crippen MR) is 147 cm³/mol. The highest BCUT2D eigenvalue weighted by atomic mass is 35.5. The largest absolute Gasteiger partial charge is 0.324 e. The third-order valence-corrected chi connectivity index (χ3v) is 6.48. The molecule has 1 atom stereocenters. The zero-order chi connectivity index (χ0) is 26.2. The second kappa shape index (κ2) is 12.4. The van der Waals surface area contributed by atoms with Crippen molar-refractivity contribution in [2.24, 2.45) is 0 Å². The van der Waals surface area contributed by atoms with Crippen LogP contribution in [0.3, 0.4) is 0 Å². The molecule has 1 unspecified atom stereocenters. The molecule has 1 saturated heterocycles. The van der Waals surface area contributed by atoms with Crippen molar-refractivity contribution in [3.8, 4) is 0 Å². The summed E-state index contributed by atoms with van der Waals surface area (Å²) in [5.41, 5.74) is 2.47. The number of hydrogen-bond donors (Lipinski definition) is 3. The smallest absolute Gasteiger partial charge is 0.320 e. The summed E-state index contributed by atoms with van der Waals surface area (Å²) in [5, 5.41) is 8.87. The minimum Gasteiger partial charge on any atom is -0.324 e. The molecule has 3 aromatic carbocycles. The second-order valence-electron chi connectivity index (χ2n) is 8.92. The predicted octanol–water partition coefficient (Wildman–Crippen LogP) is 4.90. The molecule has 4 amide bonds. The van der Waals surface area contributed by atoms with Crippen molar-refractivity contribution in [1.82, 2.24) is 10.2 Å². The number of amides is 4. The Morgan fingerprint density at radius 2 is 1.46 bits per heavy atom. The number of benzene rings is 3. The summed E-state index contributed by atoms with van der Waals surface area (Å²) in [6.45, 7) is 2.31. The van der Waals surface area contributed by atoms with E-state index in [-0.39, 0.29) is 5.91 Å². The average Bonchev–Trinajstić information content (AvgIpc) is 3.42. The fourth-order valence-electron chi connectivity index (χ4n) is 4.14. The number of carbonyl (C=O) groups excluding carboxylic acids is 3. The molecule has 0 radical (unpaired) electrons. The number of nitrogens with one attached hydrogen (secondary N) is 3. The summed E-state index contributed by atoms with van der Waals surface area (Å²) < 4.78 is 0. The van der Waals surface area contributed by atoms with E-state index < -0.39 is 18.0 Å². The average molecular weight is 520 g/mol. The lowest BCUT2D eigenvalue weighted by Gasteiger charge is -2.22. The highest BCUT2D eigenvalue weighted by molar-refractivity contribution is 6.30. The molecule has 0 spiro atoms. The number of anilines is 3. The van der Waals surface area contributed by atoms with Crippen LogP contribution < -0.4 is 20.9 Å². The third kappa shape index (κ3) is 7.31. The van der Waals surface area contributed by atoms with Gasteiger partial charge >= 0.3 is 6.03 Å². The van der Waals surface area contributed by atoms with Crippen LogP contribution in [0.5, 0.6) is 0 Å². The van der Waals surface area contributed by atoms with Gasteiger partial charge < -0.3 is 20.9 Å². The summed E-state index contributed by atoms with van der Waals surface area (Å²) in [6.07, 6.45) is 2.26. The first-order valence-electron chi connectivity index (χ1n) is 12.2. The third-order valence-electron chi connectivity index (χ3n) is 6.23. The molecule has 1 heterocycles. The van der Waals surface area contributed by atoms with Crippen LogP contribution in [-0.2, 0) is 9.59 Å². The van der Waals surface area contributed by atoms with Crippen LogP contribution in [0.4, 0.5) is 21.9 Å². The number of likely N-dealkylation sites (N-methyl/N-ethyl adjacent to an activating group) is 1. The summed E-state index contributed by atoms with van der Waals surface area (Å²) >= 11 is 5.91. The molecular formula is C28H30ClN5O3. The van der Waals surface area contributed by atoms with Crippen molar-refractivity contribution >= 4 is 46.5 Å². The Balaban J connectivity index is 1.40. The molecule has 0 saturated carbocycles. The summed E-state index contributed by atoms with van der Waals surface area (Å²) in [4.78, 5) is 42.3. The Kier molecular flexibility index (Phi) is 8.77. The van der Waals surface area contributed by atoms with Crippen LogP contribution in [0.25, 0.3) is 0 Å². The van der Waals surface area contributed by atoms with Crippen LogP contribution in [-0.4, -0.2) is 49.4 Å². The van der Waals surface area contributed by atoms with Gasteiger partial charge in [0.1, 0.15) is 6.04 Å². The molecule has 4 rings (SSSR count). The fraction of sp³-hybridized carbons (Fsp3) is 0.250. The van der Waals surface area contributed by atoms with Crippen molar-refractivity contribution in [2.75, 3.05) is 42.2 Å². The lowest BCUT2D eigenvalue weighted by molar-refractivity contribution is -0.119. The molecule has 192 valence electrons. The summed E-state index contributed by atoms with van der Waals surface area (Å²) in [6, 6.07) is 21.3. The number of carbonyl (C=O) groups is 3. The number of hydrogen-bond acceptors (Lipinski definition) is 4. The maximum atomic E-state index is 13.2. The maximum Gasteiger partial charge on any atom is 0.320 e. The molecule has 0 aromatic heterocycles. The van der Waals surface area contributed by atoms with Crippen molar-refractivity contribution in [3.63, 3.8) is 0 Å². The van der Waals surface area contributed by atoms with E-state index >= 15 is 0 Å². The summed E-state index contributed by atoms with van der Waals surface area (Å²) in [5.74, 6) is -0.373. The van der Waals surface area contributed by atoms with Gasteiger partial charge in [0.2, 0.25) is 5.91 Å². The van der Waals surface area contributed by atoms with Crippen LogP contribution in [0.1, 0.15) is 24.4 Å². The van der Waals surface area contributed by atoms with E-state index in [1.54, 1.807) is 84.7 Å². The minimum absolute atomic E-state index is 0.0266. The number of nitrogens with zero attached hydrogens (tertiary/aromatic N) is 2. The molecule has 1 aliphatic rings. The number of likely N-dealkylation sites (tertiary alicyclic amines) is 1. The van der Waals surface area contributed by atoms with Gasteiger partial charge in [-0.15, -0.1) is 0 Å². The zero-order valence-corrected chi connectivity index (χ0v) is 21.4. The molecule has 1 aliphatic heterocycles. The van der Waals surface area contributed by atoms with Crippen LogP contribution in [0.2, 0.25) is 5.02 Å². The van der Waals surface area contributed by atoms with Gasteiger partial charge in [-0.2, -0.15) is 0 Å². The van der Waals surface area contributed by atoms with Crippen molar-refractivity contribution < 1.29 is 14.4 Å². The number of urea groups is 1. The van der Waals surface area contributed by atoms with E-state index in [0.29, 0.717) is 28.5 Å². The first kappa shape index (κ1) is 26.2. The van der Waals surface area contributed by atoms with Crippen molar-refractivity contribution in [2.45, 2.75) is 18.9 Å². The molecule has 8 nitrogen and oxygen atoms in total. The number of halogens is 1. The monoisotopic (exact) mass is 519 g/mol. The quantitative estimate of drug-likeness (QED) is 0.394. The van der Waals surface area contributed by atoms with E-state index in [2.05, 4.69) is 20.9 Å². The molecule has 37 heavy (non-hydrogen) atoms. The van der Waals surface area contributed by atoms with Crippen LogP contribution >= 0.6 is 11.6 Å². The first-order valence-corrected chi connectivity index (χ1v) is 12.5. The second-order valence-corrected chi connectivity index (χ2v) is 9.36. The van der Waals surface area contributed by atoms with Gasteiger partial charge in [0.25, 0.3) is 5.91 Å². The summed E-state index contributed by atoms with van der Waals surface area (Å²) in [7, 11) is 1.75. The van der Waals surface area contributed by atoms with E-state index in [1.165, 1.54) is 0 Å². The standard InChI is InChI=1S/C28H30ClN5O3/c1-33(25(35)19-34-17-5-6-18-34)24-15-13-22(14-16-24)30-27(36)26(20-7-3-2-4-8-20)32-28(37)31-23-11-9-21(29)10-12-23/h2-4,7-16,26H,5-6,17-19H2,1H3,(H,30,36)(H2,31,32,37). The number of rotatable bonds is 8. The van der Waals surface area contributed by atoms with Gasteiger partial charge in [-0.25, -0.2) is 4.79 Å². The maximum absolute atomic E-state index is 13.2. The topological polar surface area (TPSA) is 93.8 Å². The Morgan fingerprint density at radius 1 is 0.865 bits per heavy atom. The minimum atomic E-state index is -0.933. The molecule has 1 fully saturated rings. The highest BCUT2D eigenvalue weighted by Crippen LogP contribution is 2.21. The Hall–Kier alpha value is -3.88. The van der Waals surface area contributed by atoms with E-state index in [0.717, 1.165) is 31.6 Å². The van der Waals surface area contributed by atoms with Gasteiger partial charge in [0, 0.05) is 29.1 Å². The lowest BCUT2D eigenvalue weighted by Crippen LogP contribution is -2.39. The molecular weight excluding hydrogens is 490 g/mol. The zero-order valence-electron chi connectivity index (χ0n) is 20.6. The Labute approximate surface area is 221 Å². The van der Waals surface area contributed by atoms with Crippen molar-refractivity contribution in [1.29, 1.82) is 0 Å². The van der Waals surface area contributed by atoms with E-state index in [9.17, 15) is 14.4 Å². The lowest BCUT2D eigenvalue weighted by atomic mass is 10.1. The van der Waals surface area contributed by atoms with E-state index in [4.69, 9.17) is 11.6 Å². The highest BCUT2D eigenvalue weighted by Gasteiger charge is 2.23. The molecule has 0 aliphatic carbocycles. The fourth-order valence-corrected chi connectivity index (χ4v) is 4.27. The van der Waals surface area contributed by atoms with Crippen molar-refractivity contribution in [3.05, 3.63) is 89.4 Å². The van der Waals surface area contributed by atoms with Crippen LogP contribution in [0, 0.1) is 0 Å². The first-order chi connectivity index (χ1) is 17.9. The SMILES string of the molecule is CN(C(=O)CN1CCCC1)c1ccc(NC(=O)C(NC(=O)Nc2ccc(Cl)cc2)c2ccccc2)cc1. The molecule has 3 N–H and O–H groups in total. The van der Waals surface area contributed by atoms with Gasteiger partial charge in [0.15, 0.2) is 0 Å². The Bertz CT molecular complexity index is 1210. The molecule has 9 heteroatoms. The normalized spacial score (nSPS) is 14.0. The van der Waals surface area contributed by atoms with Gasteiger partial charge in [-0.1, -0.05) is 41.9 Å². The van der Waals surface area contributed by atoms with Gasteiger partial charge in [-0.3, -0.25) is 14.5 Å². The van der Waals surface area contributed by atoms with Crippen LogP contribution in [0.15, 0.2) is 78.9 Å². The van der Waals surface area contributed by atoms with Gasteiger partial charge in [-0.05, 0) is 80.0 Å². The Morgan fingerprint density at radius 3 is 2.11 bits per heavy atom. The molecule has 3 aromatic rings. The molecule has 0 bridgehead atoms.